The third-order valence-corrected chi connectivity index (χ3v) is 5.40. The minimum absolute atomic E-state index is 0.315. The molecule has 8 heteroatoms. The molecule has 5 rings (SSSR count). The first kappa shape index (κ1) is 21.0. The predicted octanol–water partition coefficient (Wildman–Crippen LogP) is 4.63. The monoisotopic (exact) mass is 448 g/mol. The number of hydrogen-bond donors (Lipinski definition) is 2. The highest BCUT2D eigenvalue weighted by atomic mass is 16.2. The molecule has 0 aliphatic rings. The lowest BCUT2D eigenvalue weighted by Crippen LogP contribution is -2.19. The van der Waals surface area contributed by atoms with Gasteiger partial charge in [0, 0.05) is 18.0 Å². The first-order valence-corrected chi connectivity index (χ1v) is 10.6. The largest absolute Gasteiger partial charge is 0.321 e. The molecule has 0 fully saturated rings. The van der Waals surface area contributed by atoms with Gasteiger partial charge in [0.15, 0.2) is 0 Å². The van der Waals surface area contributed by atoms with E-state index in [0.29, 0.717) is 28.3 Å². The molecule has 3 aromatic heterocycles. The fraction of sp³-hybridized carbons (Fsp3) is 0.0385. The molecule has 2 amide bonds. The van der Waals surface area contributed by atoms with Crippen molar-refractivity contribution in [1.82, 2.24) is 19.5 Å². The summed E-state index contributed by atoms with van der Waals surface area (Å²) in [5.74, 6) is 0.0215. The van der Waals surface area contributed by atoms with Crippen molar-refractivity contribution in [3.63, 3.8) is 0 Å². The zero-order valence-electron chi connectivity index (χ0n) is 18.3. The molecule has 0 atom stereocenters. The maximum absolute atomic E-state index is 13.1. The first-order valence-electron chi connectivity index (χ1n) is 10.6. The highest BCUT2D eigenvalue weighted by Crippen LogP contribution is 2.23. The van der Waals surface area contributed by atoms with E-state index in [1.165, 1.54) is 0 Å². The second-order valence-corrected chi connectivity index (χ2v) is 7.65. The molecule has 0 saturated heterocycles. The molecule has 166 valence electrons. The van der Waals surface area contributed by atoms with Crippen molar-refractivity contribution in [1.29, 1.82) is 0 Å². The van der Waals surface area contributed by atoms with Gasteiger partial charge in [-0.15, -0.1) is 0 Å². The molecule has 2 aromatic carbocycles. The van der Waals surface area contributed by atoms with Gasteiger partial charge in [0.1, 0.15) is 12.1 Å². The molecule has 3 heterocycles. The Balaban J connectivity index is 1.36. The molecule has 0 saturated carbocycles. The predicted molar refractivity (Wildman–Crippen MR) is 130 cm³/mol. The van der Waals surface area contributed by atoms with Gasteiger partial charge in [-0.2, -0.15) is 0 Å². The number of carbonyl (C=O) groups is 2. The van der Waals surface area contributed by atoms with E-state index in [1.54, 1.807) is 55.2 Å². The Morgan fingerprint density at radius 1 is 0.824 bits per heavy atom. The standard InChI is InChI=1S/C26H20N6O2/c1-17-5-4-6-20(24(17)31-25(33)18-11-13-27-14-12-18)26(34)30-19-9-10-23(28-15-19)32-16-29-21-7-2-3-8-22(21)32/h2-16H,1H3,(H,30,34)(H,31,33). The molecule has 8 nitrogen and oxygen atoms in total. The fourth-order valence-electron chi connectivity index (χ4n) is 3.65. The normalized spacial score (nSPS) is 10.7. The molecule has 0 unspecified atom stereocenters. The second-order valence-electron chi connectivity index (χ2n) is 7.65. The van der Waals surface area contributed by atoms with Crippen LogP contribution >= 0.6 is 0 Å². The number of hydrogen-bond acceptors (Lipinski definition) is 5. The van der Waals surface area contributed by atoms with Crippen LogP contribution < -0.4 is 10.6 Å². The van der Waals surface area contributed by atoms with E-state index in [4.69, 9.17) is 0 Å². The lowest BCUT2D eigenvalue weighted by molar-refractivity contribution is 0.102. The van der Waals surface area contributed by atoms with Crippen LogP contribution in [0.5, 0.6) is 0 Å². The minimum Gasteiger partial charge on any atom is -0.321 e. The maximum Gasteiger partial charge on any atom is 0.257 e. The van der Waals surface area contributed by atoms with Gasteiger partial charge in [-0.25, -0.2) is 9.97 Å². The second kappa shape index (κ2) is 8.95. The van der Waals surface area contributed by atoms with Crippen LogP contribution in [-0.2, 0) is 0 Å². The molecule has 0 radical (unpaired) electrons. The summed E-state index contributed by atoms with van der Waals surface area (Å²) in [6.45, 7) is 1.84. The Hall–Kier alpha value is -4.85. The van der Waals surface area contributed by atoms with Gasteiger partial charge in [-0.05, 0) is 55.0 Å². The smallest absolute Gasteiger partial charge is 0.257 e. The van der Waals surface area contributed by atoms with E-state index < -0.39 is 0 Å². The lowest BCUT2D eigenvalue weighted by Gasteiger charge is -2.14. The molecule has 5 aromatic rings. The van der Waals surface area contributed by atoms with Gasteiger partial charge in [0.05, 0.1) is 34.2 Å². The Labute approximate surface area is 195 Å². The summed E-state index contributed by atoms with van der Waals surface area (Å²) in [4.78, 5) is 38.5. The number of pyridine rings is 2. The van der Waals surface area contributed by atoms with Crippen molar-refractivity contribution in [2.75, 3.05) is 10.6 Å². The van der Waals surface area contributed by atoms with Crippen LogP contribution in [0.4, 0.5) is 11.4 Å². The quantitative estimate of drug-likeness (QED) is 0.408. The third kappa shape index (κ3) is 4.12. The summed E-state index contributed by atoms with van der Waals surface area (Å²) in [7, 11) is 0. The Bertz CT molecular complexity index is 1490. The number of benzene rings is 2. The Morgan fingerprint density at radius 3 is 2.44 bits per heavy atom. The molecular formula is C26H20N6O2. The van der Waals surface area contributed by atoms with Crippen LogP contribution in [0.3, 0.4) is 0 Å². The highest BCUT2D eigenvalue weighted by molar-refractivity contribution is 6.13. The molecular weight excluding hydrogens is 428 g/mol. The van der Waals surface area contributed by atoms with Crippen LogP contribution in [0.25, 0.3) is 16.9 Å². The van der Waals surface area contributed by atoms with E-state index in [-0.39, 0.29) is 11.8 Å². The van der Waals surface area contributed by atoms with E-state index in [2.05, 4.69) is 25.6 Å². The Kier molecular flexibility index (Phi) is 5.53. The number of carbonyl (C=O) groups excluding carboxylic acids is 2. The van der Waals surface area contributed by atoms with Crippen molar-refractivity contribution in [3.8, 4) is 5.82 Å². The van der Waals surface area contributed by atoms with E-state index in [1.807, 2.05) is 47.9 Å². The third-order valence-electron chi connectivity index (χ3n) is 5.40. The number of fused-ring (bicyclic) bond motifs is 1. The molecule has 0 bridgehead atoms. The number of anilines is 2. The van der Waals surface area contributed by atoms with E-state index in [0.717, 1.165) is 16.6 Å². The average molecular weight is 448 g/mol. The Morgan fingerprint density at radius 2 is 1.65 bits per heavy atom. The number of amides is 2. The van der Waals surface area contributed by atoms with Crippen molar-refractivity contribution in [3.05, 3.63) is 108 Å². The molecule has 0 aliphatic heterocycles. The van der Waals surface area contributed by atoms with Gasteiger partial charge in [0.2, 0.25) is 0 Å². The summed E-state index contributed by atoms with van der Waals surface area (Å²) in [6.07, 6.45) is 6.40. The number of para-hydroxylation sites is 3. The van der Waals surface area contributed by atoms with Gasteiger partial charge in [-0.3, -0.25) is 19.1 Å². The van der Waals surface area contributed by atoms with E-state index in [9.17, 15) is 9.59 Å². The zero-order chi connectivity index (χ0) is 23.5. The van der Waals surface area contributed by atoms with Crippen LogP contribution in [-0.4, -0.2) is 31.3 Å². The average Bonchev–Trinajstić information content (AvgIpc) is 3.30. The number of aryl methyl sites for hydroxylation is 1. The maximum atomic E-state index is 13.1. The number of imidazole rings is 1. The summed E-state index contributed by atoms with van der Waals surface area (Å²) in [5.41, 5.74) is 4.39. The fourth-order valence-corrected chi connectivity index (χ4v) is 3.65. The number of rotatable bonds is 5. The number of aromatic nitrogens is 4. The van der Waals surface area contributed by atoms with Crippen molar-refractivity contribution < 1.29 is 9.59 Å². The van der Waals surface area contributed by atoms with Crippen LogP contribution in [0.15, 0.2) is 91.6 Å². The summed E-state index contributed by atoms with van der Waals surface area (Å²) in [6, 6.07) is 19.9. The minimum atomic E-state index is -0.351. The van der Waals surface area contributed by atoms with Gasteiger partial charge >= 0.3 is 0 Å². The van der Waals surface area contributed by atoms with E-state index >= 15 is 0 Å². The van der Waals surface area contributed by atoms with Crippen molar-refractivity contribution in [2.24, 2.45) is 0 Å². The van der Waals surface area contributed by atoms with Crippen molar-refractivity contribution >= 4 is 34.2 Å². The molecule has 2 N–H and O–H groups in total. The molecule has 34 heavy (non-hydrogen) atoms. The number of nitrogens with zero attached hydrogens (tertiary/aromatic N) is 4. The van der Waals surface area contributed by atoms with Crippen molar-refractivity contribution in [2.45, 2.75) is 6.92 Å². The molecule has 0 aliphatic carbocycles. The van der Waals surface area contributed by atoms with Crippen LogP contribution in [0.2, 0.25) is 0 Å². The lowest BCUT2D eigenvalue weighted by atomic mass is 10.1. The van der Waals surface area contributed by atoms with Gasteiger partial charge in [0.25, 0.3) is 11.8 Å². The molecule has 0 spiro atoms. The number of nitrogens with one attached hydrogen (secondary N) is 2. The topological polar surface area (TPSA) is 102 Å². The van der Waals surface area contributed by atoms with Gasteiger partial charge < -0.3 is 10.6 Å². The van der Waals surface area contributed by atoms with Crippen LogP contribution in [0.1, 0.15) is 26.3 Å². The summed E-state index contributed by atoms with van der Waals surface area (Å²) in [5, 5.41) is 5.71. The summed E-state index contributed by atoms with van der Waals surface area (Å²) >= 11 is 0. The highest BCUT2D eigenvalue weighted by Gasteiger charge is 2.17. The zero-order valence-corrected chi connectivity index (χ0v) is 18.3. The van der Waals surface area contributed by atoms with Gasteiger partial charge in [-0.1, -0.05) is 24.3 Å². The summed E-state index contributed by atoms with van der Waals surface area (Å²) < 4.78 is 1.88. The first-order chi connectivity index (χ1) is 16.6. The SMILES string of the molecule is Cc1cccc(C(=O)Nc2ccc(-n3cnc4ccccc43)nc2)c1NC(=O)c1ccncc1. The van der Waals surface area contributed by atoms with Crippen LogP contribution in [0, 0.1) is 6.92 Å².